The lowest BCUT2D eigenvalue weighted by atomic mass is 9.45. The summed E-state index contributed by atoms with van der Waals surface area (Å²) in [6.45, 7) is 9.88. The van der Waals surface area contributed by atoms with Crippen LogP contribution < -0.4 is 5.56 Å². The fraction of sp³-hybridized carbons (Fsp3) is 0.651. The van der Waals surface area contributed by atoms with E-state index >= 15 is 0 Å². The van der Waals surface area contributed by atoms with Gasteiger partial charge in [-0.1, -0.05) is 51.0 Å². The Kier molecular flexibility index (Phi) is 9.85. The SMILES string of the molecule is C[C@]12CCCC[C@@H]1CC[C@@H]1[C@@H]2CC[C@]2(C)[C@@H](OCCCCN3CCN(C(=O)c4cc(Cc5n[nH]c(=O)c6ccccc56)ccc4F)CC3)CC[C@@H]12. The van der Waals surface area contributed by atoms with Crippen molar-refractivity contribution in [1.82, 2.24) is 20.0 Å². The molecule has 8 rings (SSSR count). The fourth-order valence-electron chi connectivity index (χ4n) is 11.9. The summed E-state index contributed by atoms with van der Waals surface area (Å²) < 4.78 is 21.7. The number of hydrogen-bond donors (Lipinski definition) is 1. The molecule has 1 aliphatic heterocycles. The third-order valence-corrected chi connectivity index (χ3v) is 14.8. The maximum absolute atomic E-state index is 15.0. The first kappa shape index (κ1) is 35.0. The topological polar surface area (TPSA) is 78.5 Å². The van der Waals surface area contributed by atoms with Gasteiger partial charge in [-0.3, -0.25) is 14.5 Å². The molecule has 0 bridgehead atoms. The number of nitrogens with zero attached hydrogens (tertiary/aromatic N) is 3. The van der Waals surface area contributed by atoms with Gasteiger partial charge in [-0.25, -0.2) is 9.49 Å². The average molecular weight is 697 g/mol. The van der Waals surface area contributed by atoms with Crippen LogP contribution in [-0.2, 0) is 11.2 Å². The number of fused-ring (bicyclic) bond motifs is 6. The predicted octanol–water partition coefficient (Wildman–Crippen LogP) is 8.01. The summed E-state index contributed by atoms with van der Waals surface area (Å²) in [5, 5.41) is 8.15. The third-order valence-electron chi connectivity index (χ3n) is 14.8. The summed E-state index contributed by atoms with van der Waals surface area (Å²) in [6.07, 6.45) is 17.1. The lowest BCUT2D eigenvalue weighted by Crippen LogP contribution is -2.53. The van der Waals surface area contributed by atoms with Crippen molar-refractivity contribution in [3.63, 3.8) is 0 Å². The molecule has 2 heterocycles. The lowest BCUT2D eigenvalue weighted by Gasteiger charge is -2.60. The molecule has 7 nitrogen and oxygen atoms in total. The zero-order chi connectivity index (χ0) is 35.2. The highest BCUT2D eigenvalue weighted by Crippen LogP contribution is 2.66. The number of ether oxygens (including phenoxy) is 1. The molecular formula is C43H57FN4O3. The first-order valence-electron chi connectivity index (χ1n) is 20.1. The number of rotatable bonds is 9. The Labute approximate surface area is 302 Å². The number of unbranched alkanes of at least 4 members (excludes halogenated alkanes) is 1. The average Bonchev–Trinajstić information content (AvgIpc) is 3.49. The monoisotopic (exact) mass is 696 g/mol. The third kappa shape index (κ3) is 6.58. The van der Waals surface area contributed by atoms with Crippen LogP contribution in [0.3, 0.4) is 0 Å². The molecule has 1 saturated heterocycles. The van der Waals surface area contributed by atoms with E-state index < -0.39 is 5.82 Å². The van der Waals surface area contributed by atoms with Gasteiger partial charge >= 0.3 is 0 Å². The molecule has 274 valence electrons. The van der Waals surface area contributed by atoms with E-state index in [1.807, 2.05) is 18.2 Å². The molecule has 1 aromatic heterocycles. The van der Waals surface area contributed by atoms with Gasteiger partial charge in [0.1, 0.15) is 5.82 Å². The predicted molar refractivity (Wildman–Crippen MR) is 199 cm³/mol. The van der Waals surface area contributed by atoms with Gasteiger partial charge in [0.05, 0.1) is 22.7 Å². The number of aromatic nitrogens is 2. The van der Waals surface area contributed by atoms with Gasteiger partial charge in [-0.05, 0) is 129 Å². The number of hydrogen-bond acceptors (Lipinski definition) is 5. The zero-order valence-electron chi connectivity index (χ0n) is 30.8. The van der Waals surface area contributed by atoms with Crippen LogP contribution >= 0.6 is 0 Å². The van der Waals surface area contributed by atoms with Gasteiger partial charge < -0.3 is 9.64 Å². The second kappa shape index (κ2) is 14.4. The van der Waals surface area contributed by atoms with E-state index in [-0.39, 0.29) is 17.0 Å². The van der Waals surface area contributed by atoms with Gasteiger partial charge in [0.15, 0.2) is 0 Å². The summed E-state index contributed by atoms with van der Waals surface area (Å²) in [5.41, 5.74) is 2.28. The van der Waals surface area contributed by atoms with Crippen molar-refractivity contribution in [3.8, 4) is 0 Å². The smallest absolute Gasteiger partial charge is 0.272 e. The zero-order valence-corrected chi connectivity index (χ0v) is 30.8. The number of amides is 1. The minimum Gasteiger partial charge on any atom is -0.378 e. The molecule has 4 aliphatic carbocycles. The van der Waals surface area contributed by atoms with Crippen LogP contribution in [0.5, 0.6) is 0 Å². The second-order valence-electron chi connectivity index (χ2n) is 17.3. The Bertz CT molecular complexity index is 1790. The number of piperazine rings is 1. The number of nitrogens with one attached hydrogen (secondary N) is 1. The van der Waals surface area contributed by atoms with Gasteiger partial charge in [0.2, 0.25) is 0 Å². The van der Waals surface area contributed by atoms with Crippen molar-refractivity contribution < 1.29 is 13.9 Å². The largest absolute Gasteiger partial charge is 0.378 e. The molecular weight excluding hydrogens is 639 g/mol. The van der Waals surface area contributed by atoms with Crippen LogP contribution in [0.15, 0.2) is 47.3 Å². The first-order chi connectivity index (χ1) is 24.7. The van der Waals surface area contributed by atoms with Crippen LogP contribution in [0, 0.1) is 40.3 Å². The van der Waals surface area contributed by atoms with Gasteiger partial charge in [-0.2, -0.15) is 5.10 Å². The highest BCUT2D eigenvalue weighted by molar-refractivity contribution is 5.95. The number of carbonyl (C=O) groups is 1. The molecule has 0 unspecified atom stereocenters. The quantitative estimate of drug-likeness (QED) is 0.230. The molecule has 5 aliphatic rings. The molecule has 0 spiro atoms. The molecule has 1 amide bonds. The van der Waals surface area contributed by atoms with E-state index in [0.717, 1.165) is 73.7 Å². The van der Waals surface area contributed by atoms with Gasteiger partial charge in [0.25, 0.3) is 11.5 Å². The van der Waals surface area contributed by atoms with E-state index in [9.17, 15) is 14.0 Å². The number of aromatic amines is 1. The lowest BCUT2D eigenvalue weighted by molar-refractivity contribution is -0.130. The van der Waals surface area contributed by atoms with Crippen molar-refractivity contribution in [2.75, 3.05) is 39.3 Å². The molecule has 7 atom stereocenters. The molecule has 8 heteroatoms. The maximum atomic E-state index is 15.0. The molecule has 3 aromatic rings. The highest BCUT2D eigenvalue weighted by atomic mass is 19.1. The van der Waals surface area contributed by atoms with Crippen LogP contribution in [-0.4, -0.2) is 71.3 Å². The molecule has 51 heavy (non-hydrogen) atoms. The molecule has 0 radical (unpaired) electrons. The highest BCUT2D eigenvalue weighted by Gasteiger charge is 2.60. The van der Waals surface area contributed by atoms with Gasteiger partial charge in [-0.15, -0.1) is 0 Å². The Morgan fingerprint density at radius 3 is 2.55 bits per heavy atom. The van der Waals surface area contributed by atoms with Crippen molar-refractivity contribution in [1.29, 1.82) is 0 Å². The van der Waals surface area contributed by atoms with Crippen LogP contribution in [0.4, 0.5) is 4.39 Å². The van der Waals surface area contributed by atoms with Crippen LogP contribution in [0.2, 0.25) is 0 Å². The number of carbonyl (C=O) groups excluding carboxylic acids is 1. The van der Waals surface area contributed by atoms with Crippen molar-refractivity contribution in [2.45, 2.75) is 103 Å². The van der Waals surface area contributed by atoms with E-state index in [2.05, 4.69) is 28.9 Å². The van der Waals surface area contributed by atoms with E-state index in [1.54, 1.807) is 23.1 Å². The Balaban J connectivity index is 0.788. The summed E-state index contributed by atoms with van der Waals surface area (Å²) in [6, 6.07) is 12.0. The minimum absolute atomic E-state index is 0.0963. The second-order valence-corrected chi connectivity index (χ2v) is 17.3. The van der Waals surface area contributed by atoms with E-state index in [1.165, 1.54) is 70.3 Å². The standard InChI is InChI=1S/C43H57FN4O3/c1-42-19-6-5-9-30(42)13-14-33-35-15-17-39(43(35,2)20-18-36(33)42)51-26-8-7-21-47-22-24-48(25-23-47)41(50)34-27-29(12-16-37(34)44)28-38-31-10-3-4-11-32(31)40(49)46-45-38/h3-4,10-12,16,27,30,33,35-36,39H,5-9,13-15,17-26,28H2,1-2H3,(H,46,49)/t30-,33+,35+,36+,39+,42+,43+/m1/s1. The molecule has 5 fully saturated rings. The van der Waals surface area contributed by atoms with Crippen LogP contribution in [0.1, 0.15) is 113 Å². The summed E-state index contributed by atoms with van der Waals surface area (Å²) in [5.74, 6) is 2.92. The molecule has 2 aromatic carbocycles. The maximum Gasteiger partial charge on any atom is 0.272 e. The Hall–Kier alpha value is -3.10. The minimum atomic E-state index is -0.508. The van der Waals surface area contributed by atoms with Crippen molar-refractivity contribution >= 4 is 16.7 Å². The van der Waals surface area contributed by atoms with Crippen molar-refractivity contribution in [3.05, 3.63) is 75.5 Å². The molecule has 4 saturated carbocycles. The van der Waals surface area contributed by atoms with E-state index in [0.29, 0.717) is 47.5 Å². The number of benzene rings is 2. The van der Waals surface area contributed by atoms with E-state index in [4.69, 9.17) is 4.74 Å². The normalized spacial score (nSPS) is 32.4. The van der Waals surface area contributed by atoms with Crippen LogP contribution in [0.25, 0.3) is 10.8 Å². The first-order valence-corrected chi connectivity index (χ1v) is 20.1. The number of halogens is 1. The van der Waals surface area contributed by atoms with Gasteiger partial charge in [0, 0.05) is 44.6 Å². The summed E-state index contributed by atoms with van der Waals surface area (Å²) in [4.78, 5) is 29.9. The fourth-order valence-corrected chi connectivity index (χ4v) is 11.9. The summed E-state index contributed by atoms with van der Waals surface area (Å²) >= 11 is 0. The Morgan fingerprint density at radius 1 is 0.902 bits per heavy atom. The number of H-pyrrole nitrogens is 1. The Morgan fingerprint density at radius 2 is 1.71 bits per heavy atom. The summed E-state index contributed by atoms with van der Waals surface area (Å²) in [7, 11) is 0. The van der Waals surface area contributed by atoms with Crippen molar-refractivity contribution in [2.24, 2.45) is 34.5 Å². The molecule has 1 N–H and O–H groups in total.